The van der Waals surface area contributed by atoms with Crippen LogP contribution in [0.5, 0.6) is 0 Å². The fraction of sp³-hybridized carbons (Fsp3) is 0.389. The van der Waals surface area contributed by atoms with Crippen LogP contribution in [0.2, 0.25) is 0 Å². The van der Waals surface area contributed by atoms with Gasteiger partial charge in [0.15, 0.2) is 11.5 Å². The van der Waals surface area contributed by atoms with E-state index < -0.39 is 0 Å². The van der Waals surface area contributed by atoms with E-state index in [-0.39, 0.29) is 18.4 Å². The fourth-order valence-electron chi connectivity index (χ4n) is 3.60. The molecule has 1 unspecified atom stereocenters. The number of hydrogen-bond acceptors (Lipinski definition) is 6. The lowest BCUT2D eigenvalue weighted by molar-refractivity contribution is -0.120. The standard InChI is InChI=1S/C18H19N7O/c1-11-14-9-21-17-13(5-7-20-17)16(14)18(24-23-11)25-8-2-3-12(10-25)22-15(26)4-6-19/h5,7,9,12,23H,2-4,8,10H2,1H3,(H,22,26). The van der Waals surface area contributed by atoms with Crippen molar-refractivity contribution in [1.29, 1.82) is 5.26 Å². The predicted octanol–water partition coefficient (Wildman–Crippen LogP) is 1.81. The molecule has 4 rings (SSSR count). The van der Waals surface area contributed by atoms with Gasteiger partial charge in [0.2, 0.25) is 5.91 Å². The number of hydrogen-bond donors (Lipinski definition) is 2. The molecule has 2 N–H and O–H groups in total. The molecule has 1 amide bonds. The first-order chi connectivity index (χ1) is 12.7. The Bertz CT molecular complexity index is 1020. The van der Waals surface area contributed by atoms with Crippen LogP contribution in [0, 0.1) is 18.3 Å². The Labute approximate surface area is 150 Å². The molecule has 1 atom stereocenters. The van der Waals surface area contributed by atoms with Gasteiger partial charge < -0.3 is 10.2 Å². The van der Waals surface area contributed by atoms with Crippen molar-refractivity contribution in [1.82, 2.24) is 25.5 Å². The maximum Gasteiger partial charge on any atom is 0.234 e. The minimum Gasteiger partial charge on any atom is -0.353 e. The third-order valence-electron chi connectivity index (χ3n) is 4.82. The summed E-state index contributed by atoms with van der Waals surface area (Å²) in [6.45, 7) is 3.50. The Morgan fingerprint density at radius 1 is 1.46 bits per heavy atom. The van der Waals surface area contributed by atoms with Gasteiger partial charge in [-0.15, -0.1) is 0 Å². The lowest BCUT2D eigenvalue weighted by Gasteiger charge is -2.34. The molecule has 1 fully saturated rings. The van der Waals surface area contributed by atoms with E-state index in [0.717, 1.165) is 47.1 Å². The van der Waals surface area contributed by atoms with Crippen LogP contribution >= 0.6 is 0 Å². The highest BCUT2D eigenvalue weighted by Crippen LogP contribution is 2.32. The maximum absolute atomic E-state index is 11.8. The molecule has 0 radical (unpaired) electrons. The van der Waals surface area contributed by atoms with Crippen molar-refractivity contribution in [2.45, 2.75) is 32.2 Å². The molecule has 8 nitrogen and oxygen atoms in total. The van der Waals surface area contributed by atoms with Gasteiger partial charge in [0.1, 0.15) is 6.42 Å². The first-order valence-corrected chi connectivity index (χ1v) is 8.67. The molecule has 0 aromatic carbocycles. The van der Waals surface area contributed by atoms with Gasteiger partial charge in [-0.1, -0.05) is 0 Å². The molecular weight excluding hydrogens is 330 g/mol. The molecule has 0 aliphatic carbocycles. The Hall–Kier alpha value is -3.21. The average molecular weight is 349 g/mol. The van der Waals surface area contributed by atoms with Gasteiger partial charge in [-0.25, -0.2) is 9.97 Å². The smallest absolute Gasteiger partial charge is 0.234 e. The number of fused-ring (bicyclic) bond motifs is 3. The summed E-state index contributed by atoms with van der Waals surface area (Å²) in [4.78, 5) is 22.7. The number of aromatic amines is 1. The normalized spacial score (nSPS) is 17.4. The Balaban J connectivity index is 1.72. The zero-order valence-electron chi connectivity index (χ0n) is 14.5. The van der Waals surface area contributed by atoms with Gasteiger partial charge in [-0.05, 0) is 25.8 Å². The van der Waals surface area contributed by atoms with Crippen molar-refractivity contribution in [3.8, 4) is 6.07 Å². The minimum atomic E-state index is -0.223. The molecule has 3 aromatic rings. The summed E-state index contributed by atoms with van der Waals surface area (Å²) >= 11 is 0. The van der Waals surface area contributed by atoms with Gasteiger partial charge >= 0.3 is 0 Å². The molecule has 1 aliphatic rings. The number of rotatable bonds is 3. The Morgan fingerprint density at radius 3 is 3.19 bits per heavy atom. The number of anilines is 1. The van der Waals surface area contributed by atoms with E-state index in [2.05, 4.69) is 30.4 Å². The summed E-state index contributed by atoms with van der Waals surface area (Å²) < 4.78 is 0. The van der Waals surface area contributed by atoms with Crippen molar-refractivity contribution < 1.29 is 4.79 Å². The van der Waals surface area contributed by atoms with Crippen molar-refractivity contribution in [3.63, 3.8) is 0 Å². The van der Waals surface area contributed by atoms with Crippen molar-refractivity contribution in [3.05, 3.63) is 24.2 Å². The van der Waals surface area contributed by atoms with Crippen LogP contribution in [-0.2, 0) is 4.79 Å². The van der Waals surface area contributed by atoms with Crippen LogP contribution in [-0.4, -0.2) is 45.2 Å². The van der Waals surface area contributed by atoms with Gasteiger partial charge in [-0.3, -0.25) is 9.89 Å². The van der Waals surface area contributed by atoms with Gasteiger partial charge in [-0.2, -0.15) is 10.4 Å². The monoisotopic (exact) mass is 349 g/mol. The first-order valence-electron chi connectivity index (χ1n) is 8.67. The molecule has 0 saturated carbocycles. The van der Waals surface area contributed by atoms with Crippen LogP contribution in [0.1, 0.15) is 25.0 Å². The van der Waals surface area contributed by atoms with E-state index >= 15 is 0 Å². The van der Waals surface area contributed by atoms with Crippen LogP contribution in [0.15, 0.2) is 18.5 Å². The highest BCUT2D eigenvalue weighted by Gasteiger charge is 2.25. The number of aromatic nitrogens is 4. The maximum atomic E-state index is 11.8. The first kappa shape index (κ1) is 16.3. The molecule has 26 heavy (non-hydrogen) atoms. The van der Waals surface area contributed by atoms with E-state index in [1.165, 1.54) is 0 Å². The SMILES string of the molecule is Cc1[nH]nc(N2CCCC(NC(=O)CC#N)C2)c2c1cnc1nccc12. The summed E-state index contributed by atoms with van der Waals surface area (Å²) in [6, 6.07) is 3.87. The zero-order chi connectivity index (χ0) is 18.1. The van der Waals surface area contributed by atoms with Crippen molar-refractivity contribution in [2.24, 2.45) is 0 Å². The molecule has 132 valence electrons. The number of carbonyl (C=O) groups is 1. The largest absolute Gasteiger partial charge is 0.353 e. The van der Waals surface area contributed by atoms with E-state index in [1.54, 1.807) is 6.20 Å². The van der Waals surface area contributed by atoms with Gasteiger partial charge in [0, 0.05) is 53.4 Å². The van der Waals surface area contributed by atoms with Crippen LogP contribution in [0.3, 0.4) is 0 Å². The summed E-state index contributed by atoms with van der Waals surface area (Å²) in [7, 11) is 0. The Kier molecular flexibility index (Phi) is 4.13. The second kappa shape index (κ2) is 6.59. The second-order valence-corrected chi connectivity index (χ2v) is 6.59. The molecule has 1 aliphatic heterocycles. The van der Waals surface area contributed by atoms with Gasteiger partial charge in [0.05, 0.1) is 6.07 Å². The zero-order valence-corrected chi connectivity index (χ0v) is 14.5. The molecule has 8 heteroatoms. The summed E-state index contributed by atoms with van der Waals surface area (Å²) in [5.74, 6) is 0.629. The van der Waals surface area contributed by atoms with Gasteiger partial charge in [0.25, 0.3) is 0 Å². The molecule has 4 heterocycles. The number of piperidine rings is 1. The fourth-order valence-corrected chi connectivity index (χ4v) is 3.60. The third-order valence-corrected chi connectivity index (χ3v) is 4.82. The lowest BCUT2D eigenvalue weighted by atomic mass is 10.0. The van der Waals surface area contributed by atoms with Crippen LogP contribution in [0.4, 0.5) is 5.82 Å². The molecule has 1 saturated heterocycles. The summed E-state index contributed by atoms with van der Waals surface area (Å²) in [5.41, 5.74) is 1.66. The number of nitriles is 1. The quantitative estimate of drug-likeness (QED) is 0.746. The highest BCUT2D eigenvalue weighted by molar-refractivity contribution is 6.10. The number of carbonyl (C=O) groups excluding carboxylic acids is 1. The number of amides is 1. The second-order valence-electron chi connectivity index (χ2n) is 6.59. The number of nitrogens with zero attached hydrogens (tertiary/aromatic N) is 5. The molecule has 0 spiro atoms. The van der Waals surface area contributed by atoms with E-state index in [0.29, 0.717) is 12.2 Å². The summed E-state index contributed by atoms with van der Waals surface area (Å²) in [6.07, 6.45) is 5.32. The van der Waals surface area contributed by atoms with Crippen LogP contribution in [0.25, 0.3) is 21.8 Å². The van der Waals surface area contributed by atoms with Crippen LogP contribution < -0.4 is 10.2 Å². The van der Waals surface area contributed by atoms with Crippen molar-refractivity contribution in [2.75, 3.05) is 18.0 Å². The number of pyridine rings is 1. The molecule has 3 aromatic heterocycles. The summed E-state index contributed by atoms with van der Waals surface area (Å²) in [5, 5.41) is 22.3. The topological polar surface area (TPSA) is 111 Å². The predicted molar refractivity (Wildman–Crippen MR) is 97.5 cm³/mol. The number of H-pyrrole nitrogens is 1. The average Bonchev–Trinajstić information content (AvgIpc) is 3.11. The number of nitrogens with one attached hydrogen (secondary N) is 2. The highest BCUT2D eigenvalue weighted by atomic mass is 16.1. The Morgan fingerprint density at radius 2 is 2.35 bits per heavy atom. The molecule has 0 bridgehead atoms. The van der Waals surface area contributed by atoms with E-state index in [9.17, 15) is 4.79 Å². The number of aryl methyl sites for hydroxylation is 1. The van der Waals surface area contributed by atoms with E-state index in [1.807, 2.05) is 25.3 Å². The third kappa shape index (κ3) is 2.81. The lowest BCUT2D eigenvalue weighted by Crippen LogP contribution is -2.48. The minimum absolute atomic E-state index is 0.0119. The molecular formula is C18H19N7O. The van der Waals surface area contributed by atoms with Crippen molar-refractivity contribution >= 4 is 33.5 Å². The van der Waals surface area contributed by atoms with E-state index in [4.69, 9.17) is 5.26 Å².